The van der Waals surface area contributed by atoms with Gasteiger partial charge in [0.25, 0.3) is 0 Å². The number of hydrogen-bond acceptors (Lipinski definition) is 7. The van der Waals surface area contributed by atoms with Crippen LogP contribution >= 0.6 is 0 Å². The summed E-state index contributed by atoms with van der Waals surface area (Å²) in [6.07, 6.45) is -1.62. The standard InChI is InChI=1S/C14H18O7/c1-10(17)20-13(7-5-9-16)14(21-11(2)18)12(19)6-3-4-8-15/h9,13-15H,3-4,6,8H2,1-2H3/t13-,14-/m0/s1. The van der Waals surface area contributed by atoms with E-state index in [1.54, 1.807) is 0 Å². The molecule has 0 aromatic carbocycles. The van der Waals surface area contributed by atoms with E-state index >= 15 is 0 Å². The number of rotatable bonds is 8. The Balaban J connectivity index is 5.10. The van der Waals surface area contributed by atoms with Gasteiger partial charge in [-0.25, -0.2) is 0 Å². The van der Waals surface area contributed by atoms with Gasteiger partial charge < -0.3 is 14.6 Å². The third-order valence-corrected chi connectivity index (χ3v) is 2.29. The Kier molecular flexibility index (Phi) is 9.46. The van der Waals surface area contributed by atoms with E-state index in [1.807, 2.05) is 5.92 Å². The zero-order valence-corrected chi connectivity index (χ0v) is 12.0. The van der Waals surface area contributed by atoms with Crippen LogP contribution in [-0.4, -0.2) is 47.9 Å². The van der Waals surface area contributed by atoms with E-state index < -0.39 is 29.9 Å². The van der Waals surface area contributed by atoms with Crippen LogP contribution < -0.4 is 0 Å². The van der Waals surface area contributed by atoms with Crippen LogP contribution in [0.2, 0.25) is 0 Å². The fourth-order valence-corrected chi connectivity index (χ4v) is 1.49. The highest BCUT2D eigenvalue weighted by atomic mass is 16.6. The molecule has 0 aliphatic carbocycles. The second-order valence-corrected chi connectivity index (χ2v) is 4.11. The van der Waals surface area contributed by atoms with Crippen molar-refractivity contribution in [3.05, 3.63) is 0 Å². The van der Waals surface area contributed by atoms with Crippen LogP contribution in [0.25, 0.3) is 0 Å². The number of ketones is 1. The maximum absolute atomic E-state index is 12.0. The molecule has 0 bridgehead atoms. The fraction of sp³-hybridized carbons (Fsp3) is 0.571. The lowest BCUT2D eigenvalue weighted by molar-refractivity contribution is -0.165. The van der Waals surface area contributed by atoms with Crippen molar-refractivity contribution in [2.45, 2.75) is 45.3 Å². The number of esters is 2. The molecular formula is C14H18O7. The molecule has 2 atom stereocenters. The third kappa shape index (κ3) is 8.55. The summed E-state index contributed by atoms with van der Waals surface area (Å²) in [6, 6.07) is 0. The van der Waals surface area contributed by atoms with Crippen molar-refractivity contribution in [3.63, 3.8) is 0 Å². The molecule has 0 aliphatic rings. The summed E-state index contributed by atoms with van der Waals surface area (Å²) >= 11 is 0. The second kappa shape index (κ2) is 10.6. The topological polar surface area (TPSA) is 107 Å². The Morgan fingerprint density at radius 2 is 1.76 bits per heavy atom. The van der Waals surface area contributed by atoms with Crippen molar-refractivity contribution in [3.8, 4) is 11.8 Å². The van der Waals surface area contributed by atoms with Gasteiger partial charge in [-0.05, 0) is 24.7 Å². The molecule has 0 aromatic heterocycles. The number of aldehydes is 1. The van der Waals surface area contributed by atoms with Crippen molar-refractivity contribution < 1.29 is 33.8 Å². The summed E-state index contributed by atoms with van der Waals surface area (Å²) < 4.78 is 9.68. The Morgan fingerprint density at radius 3 is 2.24 bits per heavy atom. The van der Waals surface area contributed by atoms with Crippen LogP contribution in [0.15, 0.2) is 0 Å². The number of carbonyl (C=O) groups is 4. The number of Topliss-reactive ketones (excluding diaryl/α,β-unsaturated/α-hetero) is 1. The van der Waals surface area contributed by atoms with Gasteiger partial charge in [0.05, 0.1) is 0 Å². The average molecular weight is 298 g/mol. The summed E-state index contributed by atoms with van der Waals surface area (Å²) in [5.74, 6) is 2.35. The van der Waals surface area contributed by atoms with Gasteiger partial charge in [0.1, 0.15) is 0 Å². The molecular weight excluding hydrogens is 280 g/mol. The van der Waals surface area contributed by atoms with Gasteiger partial charge in [0, 0.05) is 26.9 Å². The maximum atomic E-state index is 12.0. The molecule has 0 radical (unpaired) electrons. The van der Waals surface area contributed by atoms with Crippen LogP contribution in [0.5, 0.6) is 0 Å². The molecule has 0 saturated heterocycles. The van der Waals surface area contributed by atoms with Crippen LogP contribution in [0.1, 0.15) is 33.1 Å². The zero-order valence-electron chi connectivity index (χ0n) is 12.0. The summed E-state index contributed by atoms with van der Waals surface area (Å²) in [7, 11) is 0. The molecule has 0 spiro atoms. The van der Waals surface area contributed by atoms with Gasteiger partial charge in [0.2, 0.25) is 12.2 Å². The minimum absolute atomic E-state index is 0.0268. The largest absolute Gasteiger partial charge is 0.449 e. The first-order valence-electron chi connectivity index (χ1n) is 6.35. The monoisotopic (exact) mass is 298 g/mol. The van der Waals surface area contributed by atoms with Gasteiger partial charge in [0.15, 0.2) is 12.1 Å². The third-order valence-electron chi connectivity index (χ3n) is 2.29. The molecule has 0 saturated carbocycles. The SMILES string of the molecule is CC(=O)O[C@@H](C#CC=O)[C@@H](OC(C)=O)C(=O)CCCCO. The lowest BCUT2D eigenvalue weighted by Gasteiger charge is -2.21. The van der Waals surface area contributed by atoms with Gasteiger partial charge >= 0.3 is 11.9 Å². The maximum Gasteiger partial charge on any atom is 0.304 e. The van der Waals surface area contributed by atoms with Crippen LogP contribution in [0.3, 0.4) is 0 Å². The summed E-state index contributed by atoms with van der Waals surface area (Å²) in [4.78, 5) is 44.4. The van der Waals surface area contributed by atoms with E-state index in [2.05, 4.69) is 5.92 Å². The normalized spacial score (nSPS) is 12.3. The molecule has 0 unspecified atom stereocenters. The number of aliphatic hydroxyl groups excluding tert-OH is 1. The van der Waals surface area contributed by atoms with Crippen molar-refractivity contribution in [1.82, 2.24) is 0 Å². The molecule has 7 heteroatoms. The van der Waals surface area contributed by atoms with E-state index in [9.17, 15) is 19.2 Å². The van der Waals surface area contributed by atoms with Crippen LogP contribution in [-0.2, 0) is 28.7 Å². The lowest BCUT2D eigenvalue weighted by Crippen LogP contribution is -2.39. The molecule has 0 fully saturated rings. The average Bonchev–Trinajstić information content (AvgIpc) is 2.40. The van der Waals surface area contributed by atoms with Gasteiger partial charge in [-0.2, -0.15) is 0 Å². The molecule has 0 rings (SSSR count). The van der Waals surface area contributed by atoms with E-state index in [1.165, 1.54) is 0 Å². The highest BCUT2D eigenvalue weighted by Crippen LogP contribution is 2.11. The minimum Gasteiger partial charge on any atom is -0.449 e. The number of carbonyl (C=O) groups excluding carboxylic acids is 4. The molecule has 0 aliphatic heterocycles. The number of hydrogen-bond donors (Lipinski definition) is 1. The molecule has 0 heterocycles. The lowest BCUT2D eigenvalue weighted by atomic mass is 10.0. The highest BCUT2D eigenvalue weighted by Gasteiger charge is 2.32. The first kappa shape index (κ1) is 18.8. The zero-order chi connectivity index (χ0) is 16.3. The molecule has 0 amide bonds. The van der Waals surface area contributed by atoms with E-state index in [4.69, 9.17) is 14.6 Å². The molecule has 21 heavy (non-hydrogen) atoms. The van der Waals surface area contributed by atoms with Crippen molar-refractivity contribution >= 4 is 24.0 Å². The minimum atomic E-state index is -1.39. The first-order valence-corrected chi connectivity index (χ1v) is 6.35. The van der Waals surface area contributed by atoms with E-state index in [0.29, 0.717) is 12.8 Å². The van der Waals surface area contributed by atoms with Crippen LogP contribution in [0, 0.1) is 11.8 Å². The summed E-state index contributed by atoms with van der Waals surface area (Å²) in [5, 5.41) is 8.68. The molecule has 7 nitrogen and oxygen atoms in total. The predicted octanol–water partition coefficient (Wildman–Crippen LogP) is -0.216. The molecule has 116 valence electrons. The van der Waals surface area contributed by atoms with Crippen molar-refractivity contribution in [2.75, 3.05) is 6.61 Å². The summed E-state index contributed by atoms with van der Waals surface area (Å²) in [5.41, 5.74) is 0. The Bertz CT molecular complexity index is 444. The summed E-state index contributed by atoms with van der Waals surface area (Å²) in [6.45, 7) is 2.15. The van der Waals surface area contributed by atoms with Crippen molar-refractivity contribution in [1.29, 1.82) is 0 Å². The Labute approximate surface area is 122 Å². The molecule has 0 aromatic rings. The smallest absolute Gasteiger partial charge is 0.304 e. The number of unbranched alkanes of at least 4 members (excludes halogenated alkanes) is 1. The van der Waals surface area contributed by atoms with Gasteiger partial charge in [-0.15, -0.1) is 0 Å². The first-order chi connectivity index (χ1) is 9.92. The van der Waals surface area contributed by atoms with Gasteiger partial charge in [-0.1, -0.05) is 0 Å². The highest BCUT2D eigenvalue weighted by molar-refractivity contribution is 5.87. The molecule has 1 N–H and O–H groups in total. The second-order valence-electron chi connectivity index (χ2n) is 4.11. The fourth-order valence-electron chi connectivity index (χ4n) is 1.49. The van der Waals surface area contributed by atoms with Gasteiger partial charge in [-0.3, -0.25) is 19.2 Å². The predicted molar refractivity (Wildman–Crippen MR) is 70.9 cm³/mol. The quantitative estimate of drug-likeness (QED) is 0.286. The van der Waals surface area contributed by atoms with Crippen molar-refractivity contribution in [2.24, 2.45) is 0 Å². The van der Waals surface area contributed by atoms with E-state index in [-0.39, 0.29) is 19.3 Å². The Morgan fingerprint density at radius 1 is 1.14 bits per heavy atom. The van der Waals surface area contributed by atoms with E-state index in [0.717, 1.165) is 13.8 Å². The number of ether oxygens (including phenoxy) is 2. The Hall–Kier alpha value is -2.20. The van der Waals surface area contributed by atoms with Crippen LogP contribution in [0.4, 0.5) is 0 Å². The number of aliphatic hydroxyl groups is 1.